The number of carbonyl (C=O) groups excluding carboxylic acids is 1. The predicted molar refractivity (Wildman–Crippen MR) is 126 cm³/mol. The number of pyridine rings is 1. The molecule has 0 fully saturated rings. The average Bonchev–Trinajstić information content (AvgIpc) is 2.77. The number of aryl methyl sites for hydroxylation is 1. The van der Waals surface area contributed by atoms with Crippen LogP contribution in [0.3, 0.4) is 0 Å². The number of hydrogen-bond donors (Lipinski definition) is 2. The van der Waals surface area contributed by atoms with Gasteiger partial charge in [-0.05, 0) is 48.2 Å². The summed E-state index contributed by atoms with van der Waals surface area (Å²) in [7, 11) is 1.47. The van der Waals surface area contributed by atoms with Gasteiger partial charge in [-0.15, -0.1) is 0 Å². The lowest BCUT2D eigenvalue weighted by atomic mass is 10.1. The van der Waals surface area contributed by atoms with Crippen LogP contribution in [0.2, 0.25) is 15.1 Å². The summed E-state index contributed by atoms with van der Waals surface area (Å²) in [5, 5.41) is 14.1. The third-order valence-electron chi connectivity index (χ3n) is 5.05. The first-order valence-corrected chi connectivity index (χ1v) is 10.9. The average molecular weight is 498 g/mol. The maximum Gasteiger partial charge on any atom is 0.293 e. The largest absolute Gasteiger partial charge is 0.502 e. The number of aromatic nitrogens is 1. The summed E-state index contributed by atoms with van der Waals surface area (Å²) in [5.74, 6) is -1.23. The molecule has 32 heavy (non-hydrogen) atoms. The second kappa shape index (κ2) is 10.4. The highest BCUT2D eigenvalue weighted by Crippen LogP contribution is 2.28. The zero-order valence-electron chi connectivity index (χ0n) is 17.1. The molecule has 1 heterocycles. The Hall–Kier alpha value is -2.54. The van der Waals surface area contributed by atoms with Crippen molar-refractivity contribution >= 4 is 40.7 Å². The van der Waals surface area contributed by atoms with Crippen molar-refractivity contribution in [2.45, 2.75) is 19.5 Å². The van der Waals surface area contributed by atoms with E-state index in [0.29, 0.717) is 46.3 Å². The molecule has 3 rings (SSSR count). The Morgan fingerprint density at radius 1 is 1.06 bits per heavy atom. The van der Waals surface area contributed by atoms with Crippen LogP contribution in [0.25, 0.3) is 11.3 Å². The van der Waals surface area contributed by atoms with Gasteiger partial charge >= 0.3 is 0 Å². The number of alkyl halides is 1. The summed E-state index contributed by atoms with van der Waals surface area (Å²) < 4.78 is 14.1. The number of benzene rings is 2. The Morgan fingerprint density at radius 3 is 2.47 bits per heavy atom. The summed E-state index contributed by atoms with van der Waals surface area (Å²) in [6.45, 7) is -0.399. The smallest absolute Gasteiger partial charge is 0.293 e. The van der Waals surface area contributed by atoms with Crippen molar-refractivity contribution in [2.24, 2.45) is 7.05 Å². The van der Waals surface area contributed by atoms with Crippen molar-refractivity contribution < 1.29 is 14.3 Å². The minimum atomic E-state index is -0.728. The van der Waals surface area contributed by atoms with Gasteiger partial charge in [0.25, 0.3) is 11.5 Å². The molecular weight excluding hydrogens is 478 g/mol. The van der Waals surface area contributed by atoms with E-state index in [0.717, 1.165) is 5.56 Å². The number of carbonyl (C=O) groups is 1. The lowest BCUT2D eigenvalue weighted by molar-refractivity contribution is 0.0950. The second-order valence-electron chi connectivity index (χ2n) is 7.20. The monoisotopic (exact) mass is 496 g/mol. The van der Waals surface area contributed by atoms with Crippen LogP contribution in [0.15, 0.2) is 47.3 Å². The quantitative estimate of drug-likeness (QED) is 0.420. The van der Waals surface area contributed by atoms with E-state index in [1.54, 1.807) is 18.2 Å². The first-order valence-electron chi connectivity index (χ1n) is 9.72. The number of aromatic hydroxyl groups is 1. The summed E-state index contributed by atoms with van der Waals surface area (Å²) in [6.07, 6.45) is 1.27. The van der Waals surface area contributed by atoms with Gasteiger partial charge in [0.05, 0.1) is 21.3 Å². The molecule has 5 nitrogen and oxygen atoms in total. The molecule has 1 amide bonds. The SMILES string of the molecule is Cn1c(-c2ccc(CF)c(Cl)c2)cc(C(=O)NCCCc2ccc(Cl)c(Cl)c2)c(O)c1=O. The van der Waals surface area contributed by atoms with Gasteiger partial charge in [0.15, 0.2) is 5.75 Å². The fraction of sp³-hybridized carbons (Fsp3) is 0.217. The van der Waals surface area contributed by atoms with Gasteiger partial charge in [0.1, 0.15) is 6.67 Å². The molecule has 9 heteroatoms. The highest BCUT2D eigenvalue weighted by Gasteiger charge is 2.19. The number of nitrogens with one attached hydrogen (secondary N) is 1. The topological polar surface area (TPSA) is 71.3 Å². The molecule has 168 valence electrons. The van der Waals surface area contributed by atoms with Gasteiger partial charge in [-0.1, -0.05) is 53.0 Å². The van der Waals surface area contributed by atoms with Crippen molar-refractivity contribution in [3.63, 3.8) is 0 Å². The van der Waals surface area contributed by atoms with E-state index in [4.69, 9.17) is 34.8 Å². The third kappa shape index (κ3) is 5.26. The lowest BCUT2D eigenvalue weighted by Gasteiger charge is -2.14. The van der Waals surface area contributed by atoms with E-state index >= 15 is 0 Å². The molecule has 0 aliphatic carbocycles. The molecule has 0 spiro atoms. The van der Waals surface area contributed by atoms with Gasteiger partial charge in [0.2, 0.25) is 0 Å². The molecule has 2 N–H and O–H groups in total. The zero-order chi connectivity index (χ0) is 23.4. The van der Waals surface area contributed by atoms with E-state index in [1.165, 1.54) is 29.8 Å². The first kappa shape index (κ1) is 24.1. The number of nitrogens with zero attached hydrogens (tertiary/aromatic N) is 1. The fourth-order valence-electron chi connectivity index (χ4n) is 3.24. The summed E-state index contributed by atoms with van der Waals surface area (Å²) in [6, 6.07) is 11.4. The predicted octanol–water partition coefficient (Wildman–Crippen LogP) is 5.55. The molecule has 0 aliphatic heterocycles. The summed E-state index contributed by atoms with van der Waals surface area (Å²) in [4.78, 5) is 25.1. The van der Waals surface area contributed by atoms with Crippen molar-refractivity contribution in [1.29, 1.82) is 0 Å². The van der Waals surface area contributed by atoms with Crippen LogP contribution in [-0.4, -0.2) is 22.1 Å². The van der Waals surface area contributed by atoms with Gasteiger partial charge in [-0.2, -0.15) is 0 Å². The van der Waals surface area contributed by atoms with Crippen LogP contribution in [0, 0.1) is 0 Å². The number of amides is 1. The van der Waals surface area contributed by atoms with E-state index < -0.39 is 23.9 Å². The third-order valence-corrected chi connectivity index (χ3v) is 6.14. The molecule has 0 aliphatic rings. The Labute approximate surface area is 199 Å². The van der Waals surface area contributed by atoms with E-state index in [9.17, 15) is 19.1 Å². The normalized spacial score (nSPS) is 10.9. The van der Waals surface area contributed by atoms with Crippen LogP contribution >= 0.6 is 34.8 Å². The van der Waals surface area contributed by atoms with Crippen LogP contribution in [-0.2, 0) is 20.1 Å². The van der Waals surface area contributed by atoms with Crippen molar-refractivity contribution in [3.8, 4) is 17.0 Å². The Balaban J connectivity index is 1.76. The molecule has 0 saturated carbocycles. The lowest BCUT2D eigenvalue weighted by Crippen LogP contribution is -2.28. The van der Waals surface area contributed by atoms with E-state index in [2.05, 4.69) is 5.32 Å². The van der Waals surface area contributed by atoms with Crippen LogP contribution < -0.4 is 10.9 Å². The van der Waals surface area contributed by atoms with Crippen LogP contribution in [0.4, 0.5) is 4.39 Å². The molecule has 0 unspecified atom stereocenters. The molecular formula is C23H20Cl3FN2O3. The van der Waals surface area contributed by atoms with Gasteiger partial charge in [0, 0.05) is 24.2 Å². The standard InChI is InChI=1S/C23H20Cl3FN2O3/c1-29-20(14-5-6-15(12-27)18(25)10-14)11-16(21(30)23(29)32)22(31)28-8-2-3-13-4-7-17(24)19(26)9-13/h4-7,9-11,30H,2-3,8,12H2,1H3,(H,28,31). The molecule has 0 bridgehead atoms. The summed E-state index contributed by atoms with van der Waals surface area (Å²) >= 11 is 18.0. The Morgan fingerprint density at radius 2 is 1.81 bits per heavy atom. The van der Waals surface area contributed by atoms with Crippen molar-refractivity contribution in [1.82, 2.24) is 9.88 Å². The maximum atomic E-state index is 12.9. The molecule has 0 radical (unpaired) electrons. The number of halogens is 4. The Kier molecular flexibility index (Phi) is 7.82. The molecule has 2 aromatic carbocycles. The van der Waals surface area contributed by atoms with Gasteiger partial charge in [-0.3, -0.25) is 9.59 Å². The highest BCUT2D eigenvalue weighted by molar-refractivity contribution is 6.42. The minimum Gasteiger partial charge on any atom is -0.502 e. The highest BCUT2D eigenvalue weighted by atomic mass is 35.5. The van der Waals surface area contributed by atoms with E-state index in [-0.39, 0.29) is 10.6 Å². The molecule has 1 aromatic heterocycles. The van der Waals surface area contributed by atoms with Crippen LogP contribution in [0.5, 0.6) is 5.75 Å². The van der Waals surface area contributed by atoms with Gasteiger partial charge in [-0.25, -0.2) is 4.39 Å². The van der Waals surface area contributed by atoms with Crippen LogP contribution in [0.1, 0.15) is 27.9 Å². The second-order valence-corrected chi connectivity index (χ2v) is 8.43. The van der Waals surface area contributed by atoms with Crippen molar-refractivity contribution in [2.75, 3.05) is 6.54 Å². The number of rotatable bonds is 7. The maximum absolute atomic E-state index is 12.9. The Bertz CT molecular complexity index is 1230. The molecule has 0 atom stereocenters. The molecule has 3 aromatic rings. The van der Waals surface area contributed by atoms with E-state index in [1.807, 2.05) is 6.07 Å². The molecule has 0 saturated heterocycles. The van der Waals surface area contributed by atoms with Crippen molar-refractivity contribution in [3.05, 3.63) is 84.6 Å². The summed E-state index contributed by atoms with van der Waals surface area (Å²) in [5.41, 5.74) is 1.29. The van der Waals surface area contributed by atoms with Gasteiger partial charge < -0.3 is 15.0 Å². The first-order chi connectivity index (χ1) is 15.2. The zero-order valence-corrected chi connectivity index (χ0v) is 19.4. The minimum absolute atomic E-state index is 0.150. The number of hydrogen-bond acceptors (Lipinski definition) is 3. The fourth-order valence-corrected chi connectivity index (χ4v) is 3.79.